The van der Waals surface area contributed by atoms with Crippen LogP contribution in [0.3, 0.4) is 0 Å². The predicted octanol–water partition coefficient (Wildman–Crippen LogP) is 6.10. The molecule has 0 amide bonds. The first-order valence-electron chi connectivity index (χ1n) is 14.0. The zero-order chi connectivity index (χ0) is 34.2. The average Bonchev–Trinajstić information content (AvgIpc) is 4.04. The smallest absolute Gasteiger partial charge is 0.870 e. The van der Waals surface area contributed by atoms with Gasteiger partial charge in [-0.2, -0.15) is 0 Å². The average molecular weight is 797 g/mol. The second-order valence-corrected chi connectivity index (χ2v) is 11.2. The molecule has 0 aliphatic heterocycles. The Balaban J connectivity index is -0.000000192. The Morgan fingerprint density at radius 3 is 1.44 bits per heavy atom. The molecule has 0 heterocycles. The number of ether oxygens (including phenoxy) is 2. The molecule has 0 radical (unpaired) electrons. The number of esters is 2. The van der Waals surface area contributed by atoms with Crippen LogP contribution in [0.4, 0.5) is 0 Å². The topological polar surface area (TPSA) is 164 Å². The minimum Gasteiger partial charge on any atom is -0.870 e. The summed E-state index contributed by atoms with van der Waals surface area (Å²) in [5.74, 6) is -0.990. The minimum atomic E-state index is -0.949. The van der Waals surface area contributed by atoms with Crippen molar-refractivity contribution in [2.45, 2.75) is 65.6 Å². The second kappa shape index (κ2) is 28.4. The zero-order valence-electron chi connectivity index (χ0n) is 27.4. The number of halogens is 2. The molecule has 3 aromatic carbocycles. The molecule has 0 atom stereocenters. The van der Waals surface area contributed by atoms with Crippen LogP contribution in [-0.4, -0.2) is 59.4 Å². The summed E-state index contributed by atoms with van der Waals surface area (Å²) in [6, 6.07) is 20.9. The van der Waals surface area contributed by atoms with Crippen LogP contribution in [0.15, 0.2) is 72.8 Å². The molecular formula is C38H48BrClLiN3O8. The number of carbonyl (C=O) groups is 3. The summed E-state index contributed by atoms with van der Waals surface area (Å²) in [6.07, 6.45) is 3.23. The van der Waals surface area contributed by atoms with Gasteiger partial charge in [0.15, 0.2) is 0 Å². The van der Waals surface area contributed by atoms with Crippen molar-refractivity contribution in [1.29, 1.82) is 0 Å². The number of hydrogen-bond acceptors (Lipinski definition) is 6. The van der Waals surface area contributed by atoms with E-state index in [-0.39, 0.29) is 76.1 Å². The van der Waals surface area contributed by atoms with Gasteiger partial charge in [-0.1, -0.05) is 92.8 Å². The summed E-state index contributed by atoms with van der Waals surface area (Å²) in [7, 11) is 2.69. The fraction of sp³-hybridized carbons (Fsp3) is 0.368. The van der Waals surface area contributed by atoms with Crippen molar-refractivity contribution < 1.29 is 58.8 Å². The molecule has 3 aromatic rings. The molecule has 14 heteroatoms. The monoisotopic (exact) mass is 795 g/mol. The Kier molecular flexibility index (Phi) is 31.2. The first-order valence-corrected chi connectivity index (χ1v) is 15.7. The van der Waals surface area contributed by atoms with Crippen molar-refractivity contribution in [1.82, 2.24) is 0 Å². The Morgan fingerprint density at radius 1 is 0.750 bits per heavy atom. The molecule has 4 N–H and O–H groups in total. The van der Waals surface area contributed by atoms with Crippen LogP contribution < -0.4 is 18.9 Å². The van der Waals surface area contributed by atoms with Crippen molar-refractivity contribution in [2.24, 2.45) is 0 Å². The molecule has 2 aliphatic carbocycles. The van der Waals surface area contributed by atoms with Gasteiger partial charge in [0, 0.05) is 42.5 Å². The number of aromatic carboxylic acids is 1. The van der Waals surface area contributed by atoms with E-state index in [9.17, 15) is 14.4 Å². The van der Waals surface area contributed by atoms with Gasteiger partial charge in [-0.05, 0) is 18.2 Å². The molecule has 2 fully saturated rings. The summed E-state index contributed by atoms with van der Waals surface area (Å²) in [5.41, 5.74) is 2.47. The summed E-state index contributed by atoms with van der Waals surface area (Å²) >= 11 is 8.26. The van der Waals surface area contributed by atoms with E-state index in [4.69, 9.17) is 41.2 Å². The minimum absolute atomic E-state index is 0. The molecule has 5 rings (SSSR count). The normalized spacial score (nSPS) is 12.2. The summed E-state index contributed by atoms with van der Waals surface area (Å²) in [6.45, 7) is 21.2. The molecule has 0 unspecified atom stereocenters. The first kappa shape index (κ1) is 57.2. The Morgan fingerprint density at radius 2 is 1.10 bits per heavy atom. The van der Waals surface area contributed by atoms with Crippen molar-refractivity contribution in [3.8, 4) is 0 Å². The van der Waals surface area contributed by atoms with Crippen LogP contribution in [0, 0.1) is 19.7 Å². The summed E-state index contributed by atoms with van der Waals surface area (Å²) in [5, 5.41) is 9.85. The van der Waals surface area contributed by atoms with E-state index in [1.54, 1.807) is 60.7 Å². The number of benzene rings is 3. The number of alkyl halides is 2. The number of rotatable bonds is 7. The van der Waals surface area contributed by atoms with Gasteiger partial charge in [-0.15, -0.1) is 11.6 Å². The zero-order valence-corrected chi connectivity index (χ0v) is 29.8. The van der Waals surface area contributed by atoms with E-state index in [1.807, 2.05) is 12.1 Å². The first-order chi connectivity index (χ1) is 22.1. The van der Waals surface area contributed by atoms with Gasteiger partial charge in [-0.3, -0.25) is 0 Å². The Labute approximate surface area is 334 Å². The quantitative estimate of drug-likeness (QED) is 0.131. The molecule has 0 aromatic heterocycles. The maximum atomic E-state index is 11.5. The second-order valence-electron chi connectivity index (χ2n) is 10.0. The van der Waals surface area contributed by atoms with Crippen molar-refractivity contribution in [3.05, 3.63) is 140 Å². The standard InChI is InChI=1S/C12H11NO2.C11H9NO2.C10H9NO2.C2H4BrCl.3CH4.Li.2H2O/c1-13-12(7-8-12)10-6-4-3-5-9(10)11(14)15-2;1-12-11(6-7-11)9-5-3-2-4-8(9)10(13)14;1-11-7-8-5-3-4-6-9(8)10(12)13-2;3-1-2-4;;;;;;/h3-6H,7-8H2,2H3;2-5H,6-7H2,(H,13,14);3-6H,7H2,2H3;1-2H2;3*1H4;;2*1H2/q;;;;;;;+1;;/p-1. The molecule has 2 aliphatic rings. The number of hydrogen-bond donors (Lipinski definition) is 1. The Bertz CT molecular complexity index is 1660. The van der Waals surface area contributed by atoms with Gasteiger partial charge in [0.05, 0.1) is 42.0 Å². The van der Waals surface area contributed by atoms with Gasteiger partial charge >= 0.3 is 36.8 Å². The molecular weight excluding hydrogens is 749 g/mol. The molecule has 278 valence electrons. The van der Waals surface area contributed by atoms with Crippen LogP contribution >= 0.6 is 27.5 Å². The van der Waals surface area contributed by atoms with Gasteiger partial charge in [0.25, 0.3) is 11.1 Å². The van der Waals surface area contributed by atoms with E-state index in [2.05, 4.69) is 35.2 Å². The van der Waals surface area contributed by atoms with Crippen molar-refractivity contribution in [2.75, 3.05) is 25.4 Å². The van der Waals surface area contributed by atoms with Gasteiger partial charge in [-0.25, -0.2) is 34.1 Å². The molecule has 11 nitrogen and oxygen atoms in total. The van der Waals surface area contributed by atoms with Crippen LogP contribution in [0.2, 0.25) is 0 Å². The predicted molar refractivity (Wildman–Crippen MR) is 205 cm³/mol. The van der Waals surface area contributed by atoms with E-state index in [1.165, 1.54) is 14.2 Å². The number of carboxylic acids is 1. The van der Waals surface area contributed by atoms with Crippen LogP contribution in [0.5, 0.6) is 0 Å². The van der Waals surface area contributed by atoms with E-state index < -0.39 is 17.0 Å². The largest absolute Gasteiger partial charge is 1.00 e. The van der Waals surface area contributed by atoms with E-state index >= 15 is 0 Å². The van der Waals surface area contributed by atoms with Crippen LogP contribution in [0.1, 0.15) is 95.7 Å². The number of carbonyl (C=O) groups excluding carboxylic acids is 2. The molecule has 52 heavy (non-hydrogen) atoms. The van der Waals surface area contributed by atoms with Gasteiger partial charge in [0.2, 0.25) is 6.54 Å². The fourth-order valence-corrected chi connectivity index (χ4v) is 4.42. The number of nitrogens with zero attached hydrogens (tertiary/aromatic N) is 3. The van der Waals surface area contributed by atoms with Gasteiger partial charge < -0.3 is 40.1 Å². The van der Waals surface area contributed by atoms with Crippen molar-refractivity contribution >= 4 is 45.4 Å². The van der Waals surface area contributed by atoms with Crippen molar-refractivity contribution in [3.63, 3.8) is 0 Å². The van der Waals surface area contributed by atoms with Crippen LogP contribution in [-0.2, 0) is 27.1 Å². The number of carboxylic acid groups (broad SMARTS) is 1. The van der Waals surface area contributed by atoms with E-state index in [0.29, 0.717) is 28.1 Å². The maximum Gasteiger partial charge on any atom is 1.00 e. The van der Waals surface area contributed by atoms with Gasteiger partial charge in [0.1, 0.15) is 0 Å². The molecule has 2 saturated carbocycles. The maximum absolute atomic E-state index is 11.5. The molecule has 0 bridgehead atoms. The third-order valence-corrected chi connectivity index (χ3v) is 8.15. The third-order valence-electron chi connectivity index (χ3n) is 7.11. The SMILES string of the molecule is C.C.C.ClCCBr.O.[C-]#[N+]C1(c2ccccc2C(=O)O)CC1.[C-]#[N+]C1(c2ccccc2C(=O)OC)CC1.[C-]#[N+]Cc1ccccc1C(=O)OC.[Li+].[OH-]. The fourth-order valence-electron chi connectivity index (χ4n) is 4.42. The van der Waals surface area contributed by atoms with E-state index in [0.717, 1.165) is 36.6 Å². The summed E-state index contributed by atoms with van der Waals surface area (Å²) in [4.78, 5) is 44.0. The third kappa shape index (κ3) is 15.6. The number of methoxy groups -OCH3 is 2. The molecule has 0 saturated heterocycles. The summed E-state index contributed by atoms with van der Waals surface area (Å²) < 4.78 is 9.28. The molecule has 0 spiro atoms. The van der Waals surface area contributed by atoms with Crippen LogP contribution in [0.25, 0.3) is 14.5 Å². The Hall–Kier alpha value is -4.17.